The molecule has 1 aromatic carbocycles. The number of aliphatic hydroxyl groups is 1. The molecule has 29 heavy (non-hydrogen) atoms. The van der Waals surface area contributed by atoms with Crippen LogP contribution in [0.2, 0.25) is 0 Å². The zero-order valence-corrected chi connectivity index (χ0v) is 18.5. The number of amides is 1. The smallest absolute Gasteiger partial charge is 0.407 e. The molecule has 1 fully saturated rings. The number of aliphatic hydroxyl groups excluding tert-OH is 1. The predicted octanol–water partition coefficient (Wildman–Crippen LogP) is 3.81. The number of aromatic nitrogens is 2. The minimum Gasteiger partial charge on any atom is -0.444 e. The van der Waals surface area contributed by atoms with Crippen molar-refractivity contribution in [3.05, 3.63) is 52.3 Å². The standard InChI is InChI=1S/C21H27BrN4O3/c1-21(2,3)29-20(28)25-17-5-4-10-26(13-17)19-23-11-15(12-24-19)18(27)14-6-8-16(22)9-7-14/h6-9,11-12,17-18,27H,4-5,10,13H2,1-3H3,(H,25,28)/t17-,18?/m1/s1. The SMILES string of the molecule is CC(C)(C)OC(=O)N[C@@H]1CCCN(c2ncc(C(O)c3ccc(Br)cc3)cn2)C1. The number of hydrogen-bond donors (Lipinski definition) is 2. The summed E-state index contributed by atoms with van der Waals surface area (Å²) in [5.74, 6) is 0.590. The number of benzene rings is 1. The molecule has 0 saturated carbocycles. The lowest BCUT2D eigenvalue weighted by Gasteiger charge is -2.33. The van der Waals surface area contributed by atoms with Gasteiger partial charge in [0.2, 0.25) is 5.95 Å². The van der Waals surface area contributed by atoms with Gasteiger partial charge in [-0.05, 0) is 51.3 Å². The summed E-state index contributed by atoms with van der Waals surface area (Å²) in [5.41, 5.74) is 0.896. The summed E-state index contributed by atoms with van der Waals surface area (Å²) in [7, 11) is 0. The van der Waals surface area contributed by atoms with Gasteiger partial charge in [0.15, 0.2) is 0 Å². The van der Waals surface area contributed by atoms with Gasteiger partial charge in [-0.15, -0.1) is 0 Å². The molecule has 2 heterocycles. The summed E-state index contributed by atoms with van der Waals surface area (Å²) in [5, 5.41) is 13.5. The van der Waals surface area contributed by atoms with Crippen molar-refractivity contribution in [2.75, 3.05) is 18.0 Å². The molecule has 2 N–H and O–H groups in total. The van der Waals surface area contributed by atoms with Gasteiger partial charge >= 0.3 is 6.09 Å². The van der Waals surface area contributed by atoms with Crippen LogP contribution in [0, 0.1) is 0 Å². The van der Waals surface area contributed by atoms with Crippen molar-refractivity contribution >= 4 is 28.0 Å². The number of hydrogen-bond acceptors (Lipinski definition) is 6. The average molecular weight is 463 g/mol. The highest BCUT2D eigenvalue weighted by atomic mass is 79.9. The molecule has 1 unspecified atom stereocenters. The Morgan fingerprint density at radius 2 is 1.90 bits per heavy atom. The van der Waals surface area contributed by atoms with Gasteiger partial charge in [-0.25, -0.2) is 14.8 Å². The average Bonchev–Trinajstić information content (AvgIpc) is 2.67. The Morgan fingerprint density at radius 1 is 1.24 bits per heavy atom. The second-order valence-electron chi connectivity index (χ2n) is 8.20. The van der Waals surface area contributed by atoms with Gasteiger partial charge in [0, 0.05) is 41.6 Å². The molecule has 156 valence electrons. The van der Waals surface area contributed by atoms with Crippen molar-refractivity contribution in [3.8, 4) is 0 Å². The Bertz CT molecular complexity index is 821. The minimum atomic E-state index is -0.778. The molecule has 1 aliphatic heterocycles. The van der Waals surface area contributed by atoms with Crippen LogP contribution in [0.5, 0.6) is 0 Å². The summed E-state index contributed by atoms with van der Waals surface area (Å²) in [6.07, 6.45) is 3.93. The number of nitrogens with zero attached hydrogens (tertiary/aromatic N) is 3. The van der Waals surface area contributed by atoms with E-state index in [1.807, 2.05) is 49.9 Å². The first-order chi connectivity index (χ1) is 13.7. The molecule has 2 atom stereocenters. The van der Waals surface area contributed by atoms with E-state index in [2.05, 4.69) is 31.2 Å². The topological polar surface area (TPSA) is 87.6 Å². The molecule has 1 amide bonds. The van der Waals surface area contributed by atoms with Crippen molar-refractivity contribution in [1.82, 2.24) is 15.3 Å². The second-order valence-corrected chi connectivity index (χ2v) is 9.12. The van der Waals surface area contributed by atoms with Gasteiger partial charge in [0.05, 0.1) is 0 Å². The first kappa shape index (κ1) is 21.5. The van der Waals surface area contributed by atoms with E-state index in [0.29, 0.717) is 18.1 Å². The molecule has 0 bridgehead atoms. The Morgan fingerprint density at radius 3 is 2.52 bits per heavy atom. The van der Waals surface area contributed by atoms with E-state index in [0.717, 1.165) is 29.4 Å². The summed E-state index contributed by atoms with van der Waals surface area (Å²) >= 11 is 3.39. The van der Waals surface area contributed by atoms with Crippen LogP contribution in [-0.2, 0) is 4.74 Å². The Hall–Kier alpha value is -2.19. The largest absolute Gasteiger partial charge is 0.444 e. The van der Waals surface area contributed by atoms with Crippen molar-refractivity contribution in [3.63, 3.8) is 0 Å². The zero-order valence-electron chi connectivity index (χ0n) is 16.9. The third-order valence-electron chi connectivity index (χ3n) is 4.58. The first-order valence-electron chi connectivity index (χ1n) is 9.71. The van der Waals surface area contributed by atoms with Crippen LogP contribution in [0.25, 0.3) is 0 Å². The minimum absolute atomic E-state index is 0.0183. The fourth-order valence-corrected chi connectivity index (χ4v) is 3.49. The van der Waals surface area contributed by atoms with Crippen molar-refractivity contribution in [2.45, 2.75) is 51.4 Å². The van der Waals surface area contributed by atoms with E-state index in [4.69, 9.17) is 4.74 Å². The highest BCUT2D eigenvalue weighted by Gasteiger charge is 2.25. The molecule has 8 heteroatoms. The first-order valence-corrected chi connectivity index (χ1v) is 10.5. The van der Waals surface area contributed by atoms with Crippen LogP contribution in [0.4, 0.5) is 10.7 Å². The van der Waals surface area contributed by atoms with Gasteiger partial charge < -0.3 is 20.1 Å². The maximum absolute atomic E-state index is 12.0. The van der Waals surface area contributed by atoms with Gasteiger partial charge in [0.1, 0.15) is 11.7 Å². The van der Waals surface area contributed by atoms with E-state index in [9.17, 15) is 9.90 Å². The number of ether oxygens (including phenoxy) is 1. The van der Waals surface area contributed by atoms with Crippen LogP contribution in [0.3, 0.4) is 0 Å². The number of rotatable bonds is 4. The third kappa shape index (κ3) is 6.14. The molecule has 2 aromatic rings. The van der Waals surface area contributed by atoms with Gasteiger partial charge in [-0.3, -0.25) is 0 Å². The molecule has 3 rings (SSSR count). The van der Waals surface area contributed by atoms with E-state index in [1.165, 1.54) is 0 Å². The van der Waals surface area contributed by atoms with Crippen molar-refractivity contribution in [1.29, 1.82) is 0 Å². The Balaban J connectivity index is 1.61. The summed E-state index contributed by atoms with van der Waals surface area (Å²) in [6, 6.07) is 7.48. The number of anilines is 1. The highest BCUT2D eigenvalue weighted by Crippen LogP contribution is 2.24. The Labute approximate surface area is 179 Å². The molecule has 1 saturated heterocycles. The van der Waals surface area contributed by atoms with E-state index in [1.54, 1.807) is 12.4 Å². The van der Waals surface area contributed by atoms with Crippen LogP contribution in [0.1, 0.15) is 50.8 Å². The van der Waals surface area contributed by atoms with Crippen LogP contribution < -0.4 is 10.2 Å². The monoisotopic (exact) mass is 462 g/mol. The lowest BCUT2D eigenvalue weighted by Crippen LogP contribution is -2.49. The lowest BCUT2D eigenvalue weighted by atomic mass is 10.0. The summed E-state index contributed by atoms with van der Waals surface area (Å²) in [6.45, 7) is 6.97. The number of alkyl carbamates (subject to hydrolysis) is 1. The van der Waals surface area contributed by atoms with E-state index in [-0.39, 0.29) is 6.04 Å². The number of carbonyl (C=O) groups is 1. The van der Waals surface area contributed by atoms with Crippen molar-refractivity contribution in [2.24, 2.45) is 0 Å². The maximum Gasteiger partial charge on any atom is 0.407 e. The number of nitrogens with one attached hydrogen (secondary N) is 1. The maximum atomic E-state index is 12.0. The van der Waals surface area contributed by atoms with Gasteiger partial charge in [-0.2, -0.15) is 0 Å². The lowest BCUT2D eigenvalue weighted by molar-refractivity contribution is 0.0500. The van der Waals surface area contributed by atoms with Crippen LogP contribution in [0.15, 0.2) is 41.1 Å². The number of piperidine rings is 1. The number of halogens is 1. The molecule has 1 aliphatic rings. The summed E-state index contributed by atoms with van der Waals surface area (Å²) in [4.78, 5) is 23.0. The normalized spacial score (nSPS) is 18.2. The van der Waals surface area contributed by atoms with Gasteiger partial charge in [0.25, 0.3) is 0 Å². The van der Waals surface area contributed by atoms with Crippen LogP contribution >= 0.6 is 15.9 Å². The quantitative estimate of drug-likeness (QED) is 0.717. The highest BCUT2D eigenvalue weighted by molar-refractivity contribution is 9.10. The molecule has 7 nitrogen and oxygen atoms in total. The fourth-order valence-electron chi connectivity index (χ4n) is 3.22. The third-order valence-corrected chi connectivity index (χ3v) is 5.11. The molecule has 0 radical (unpaired) electrons. The van der Waals surface area contributed by atoms with Gasteiger partial charge in [-0.1, -0.05) is 28.1 Å². The molecule has 0 spiro atoms. The van der Waals surface area contributed by atoms with Crippen molar-refractivity contribution < 1.29 is 14.6 Å². The molecule has 0 aliphatic carbocycles. The molecular weight excluding hydrogens is 436 g/mol. The zero-order chi connectivity index (χ0) is 21.0. The number of carbonyl (C=O) groups excluding carboxylic acids is 1. The van der Waals surface area contributed by atoms with E-state index < -0.39 is 17.8 Å². The predicted molar refractivity (Wildman–Crippen MR) is 115 cm³/mol. The second kappa shape index (κ2) is 9.09. The van der Waals surface area contributed by atoms with E-state index >= 15 is 0 Å². The molecule has 1 aromatic heterocycles. The Kier molecular flexibility index (Phi) is 6.74. The fraction of sp³-hybridized carbons (Fsp3) is 0.476. The summed E-state index contributed by atoms with van der Waals surface area (Å²) < 4.78 is 6.30. The molecular formula is C21H27BrN4O3. The van der Waals surface area contributed by atoms with Crippen LogP contribution in [-0.4, -0.2) is 45.9 Å².